The summed E-state index contributed by atoms with van der Waals surface area (Å²) in [6, 6.07) is 17.4. The number of amides is 1. The monoisotopic (exact) mass is 369 g/mol. The Bertz CT molecular complexity index is 832. The van der Waals surface area contributed by atoms with Crippen molar-refractivity contribution >= 4 is 17.5 Å². The van der Waals surface area contributed by atoms with E-state index in [-0.39, 0.29) is 5.91 Å². The van der Waals surface area contributed by atoms with Gasteiger partial charge in [-0.2, -0.15) is 0 Å². The Balaban J connectivity index is 1.38. The highest BCUT2D eigenvalue weighted by Crippen LogP contribution is 2.20. The minimum absolute atomic E-state index is 0.00990. The molecule has 2 aromatic carbocycles. The van der Waals surface area contributed by atoms with Gasteiger partial charge in [-0.25, -0.2) is 0 Å². The highest BCUT2D eigenvalue weighted by molar-refractivity contribution is 6.30. The molecule has 1 N–H and O–H groups in total. The fourth-order valence-electron chi connectivity index (χ4n) is 2.54. The van der Waals surface area contributed by atoms with Crippen LogP contribution in [0, 0.1) is 0 Å². The maximum absolute atomic E-state index is 11.9. The lowest BCUT2D eigenvalue weighted by Crippen LogP contribution is -2.25. The SMILES string of the molecule is O=C(CCc1nnc(-c2ccc(Cl)cc2)o1)NCCCc1ccccc1. The van der Waals surface area contributed by atoms with Crippen LogP contribution in [0.4, 0.5) is 0 Å². The molecular weight excluding hydrogens is 350 g/mol. The third kappa shape index (κ3) is 5.43. The van der Waals surface area contributed by atoms with Crippen molar-refractivity contribution in [3.63, 3.8) is 0 Å². The topological polar surface area (TPSA) is 68.0 Å². The lowest BCUT2D eigenvalue weighted by molar-refractivity contribution is -0.121. The third-order valence-electron chi connectivity index (χ3n) is 3.93. The molecule has 0 radical (unpaired) electrons. The second kappa shape index (κ2) is 9.15. The molecule has 0 spiro atoms. The average Bonchev–Trinajstić information content (AvgIpc) is 3.14. The van der Waals surface area contributed by atoms with Crippen LogP contribution in [0.3, 0.4) is 0 Å². The van der Waals surface area contributed by atoms with Gasteiger partial charge in [0.25, 0.3) is 0 Å². The minimum Gasteiger partial charge on any atom is -0.421 e. The molecule has 3 rings (SSSR count). The lowest BCUT2D eigenvalue weighted by atomic mass is 10.1. The second-order valence-corrected chi connectivity index (χ2v) is 6.38. The maximum atomic E-state index is 11.9. The summed E-state index contributed by atoms with van der Waals surface area (Å²) in [5.41, 5.74) is 2.08. The minimum atomic E-state index is -0.00990. The molecule has 3 aromatic rings. The smallest absolute Gasteiger partial charge is 0.247 e. The summed E-state index contributed by atoms with van der Waals surface area (Å²) in [5, 5.41) is 11.6. The molecule has 1 aromatic heterocycles. The Morgan fingerprint density at radius 3 is 2.54 bits per heavy atom. The summed E-state index contributed by atoms with van der Waals surface area (Å²) in [4.78, 5) is 11.9. The average molecular weight is 370 g/mol. The van der Waals surface area contributed by atoms with E-state index in [0.29, 0.717) is 36.2 Å². The van der Waals surface area contributed by atoms with Gasteiger partial charge in [0.15, 0.2) is 0 Å². The molecule has 1 heterocycles. The number of nitrogens with zero attached hydrogens (tertiary/aromatic N) is 2. The molecule has 0 fully saturated rings. The van der Waals surface area contributed by atoms with Gasteiger partial charge in [-0.1, -0.05) is 41.9 Å². The van der Waals surface area contributed by atoms with Crippen LogP contribution in [-0.2, 0) is 17.6 Å². The van der Waals surface area contributed by atoms with Crippen LogP contribution < -0.4 is 5.32 Å². The molecule has 0 aliphatic heterocycles. The lowest BCUT2D eigenvalue weighted by Gasteiger charge is -2.04. The molecule has 6 heteroatoms. The first-order valence-corrected chi connectivity index (χ1v) is 8.97. The standard InChI is InChI=1S/C20H20ClN3O2/c21-17-10-8-16(9-11-17)20-24-23-19(26-20)13-12-18(25)22-14-4-7-15-5-2-1-3-6-15/h1-3,5-6,8-11H,4,7,12-14H2,(H,22,25). The Morgan fingerprint density at radius 2 is 1.77 bits per heavy atom. The van der Waals surface area contributed by atoms with Crippen molar-refractivity contribution in [2.45, 2.75) is 25.7 Å². The van der Waals surface area contributed by atoms with Gasteiger partial charge >= 0.3 is 0 Å². The molecule has 0 aliphatic carbocycles. The van der Waals surface area contributed by atoms with E-state index < -0.39 is 0 Å². The summed E-state index contributed by atoms with van der Waals surface area (Å²) >= 11 is 5.86. The summed E-state index contributed by atoms with van der Waals surface area (Å²) < 4.78 is 5.60. The van der Waals surface area contributed by atoms with Crippen molar-refractivity contribution in [2.24, 2.45) is 0 Å². The summed E-state index contributed by atoms with van der Waals surface area (Å²) in [6.07, 6.45) is 2.62. The Labute approximate surface area is 157 Å². The number of carbonyl (C=O) groups is 1. The first-order valence-electron chi connectivity index (χ1n) is 8.59. The first kappa shape index (κ1) is 18.1. The number of nitrogens with one attached hydrogen (secondary N) is 1. The van der Waals surface area contributed by atoms with Gasteiger partial charge < -0.3 is 9.73 Å². The zero-order valence-electron chi connectivity index (χ0n) is 14.3. The fourth-order valence-corrected chi connectivity index (χ4v) is 2.66. The predicted octanol–water partition coefficient (Wildman–Crippen LogP) is 4.07. The number of aromatic nitrogens is 2. The van der Waals surface area contributed by atoms with Crippen molar-refractivity contribution in [2.75, 3.05) is 6.54 Å². The van der Waals surface area contributed by atoms with Crippen LogP contribution >= 0.6 is 11.6 Å². The van der Waals surface area contributed by atoms with Crippen LogP contribution in [-0.4, -0.2) is 22.6 Å². The van der Waals surface area contributed by atoms with Crippen molar-refractivity contribution in [1.29, 1.82) is 0 Å². The van der Waals surface area contributed by atoms with Gasteiger partial charge in [0, 0.05) is 30.0 Å². The number of aryl methyl sites for hydroxylation is 2. The third-order valence-corrected chi connectivity index (χ3v) is 4.18. The van der Waals surface area contributed by atoms with E-state index in [2.05, 4.69) is 27.6 Å². The highest BCUT2D eigenvalue weighted by atomic mass is 35.5. The van der Waals surface area contributed by atoms with Gasteiger partial charge in [-0.05, 0) is 42.7 Å². The predicted molar refractivity (Wildman–Crippen MR) is 101 cm³/mol. The highest BCUT2D eigenvalue weighted by Gasteiger charge is 2.10. The number of halogens is 1. The van der Waals surface area contributed by atoms with Crippen LogP contribution in [0.5, 0.6) is 0 Å². The summed E-state index contributed by atoms with van der Waals surface area (Å²) in [7, 11) is 0. The molecular formula is C20H20ClN3O2. The van der Waals surface area contributed by atoms with E-state index in [1.54, 1.807) is 12.1 Å². The van der Waals surface area contributed by atoms with E-state index >= 15 is 0 Å². The summed E-state index contributed by atoms with van der Waals surface area (Å²) in [5.74, 6) is 0.874. The molecule has 26 heavy (non-hydrogen) atoms. The molecule has 0 atom stereocenters. The van der Waals surface area contributed by atoms with Crippen molar-refractivity contribution in [1.82, 2.24) is 15.5 Å². The van der Waals surface area contributed by atoms with E-state index in [1.165, 1.54) is 5.56 Å². The van der Waals surface area contributed by atoms with E-state index in [9.17, 15) is 4.79 Å². The zero-order valence-corrected chi connectivity index (χ0v) is 15.1. The van der Waals surface area contributed by atoms with Crippen LogP contribution in [0.15, 0.2) is 59.0 Å². The maximum Gasteiger partial charge on any atom is 0.247 e. The van der Waals surface area contributed by atoms with Crippen molar-refractivity contribution in [3.05, 3.63) is 71.1 Å². The normalized spacial score (nSPS) is 10.7. The first-order chi connectivity index (χ1) is 12.7. The van der Waals surface area contributed by atoms with Gasteiger partial charge in [-0.15, -0.1) is 10.2 Å². The number of carbonyl (C=O) groups excluding carboxylic acids is 1. The number of rotatable bonds is 8. The molecule has 134 valence electrons. The molecule has 0 aliphatic rings. The van der Waals surface area contributed by atoms with Crippen molar-refractivity contribution < 1.29 is 9.21 Å². The van der Waals surface area contributed by atoms with Crippen LogP contribution in [0.25, 0.3) is 11.5 Å². The van der Waals surface area contributed by atoms with E-state index in [0.717, 1.165) is 18.4 Å². The fraction of sp³-hybridized carbons (Fsp3) is 0.250. The number of hydrogen-bond donors (Lipinski definition) is 1. The molecule has 0 saturated heterocycles. The van der Waals surface area contributed by atoms with Crippen LogP contribution in [0.1, 0.15) is 24.3 Å². The molecule has 0 bridgehead atoms. The summed E-state index contributed by atoms with van der Waals surface area (Å²) in [6.45, 7) is 0.660. The van der Waals surface area contributed by atoms with Gasteiger partial charge in [0.05, 0.1) is 0 Å². The zero-order chi connectivity index (χ0) is 18.2. The van der Waals surface area contributed by atoms with Crippen molar-refractivity contribution in [3.8, 4) is 11.5 Å². The second-order valence-electron chi connectivity index (χ2n) is 5.95. The molecule has 0 unspecified atom stereocenters. The van der Waals surface area contributed by atoms with Gasteiger partial charge in [0.1, 0.15) is 0 Å². The van der Waals surface area contributed by atoms with E-state index in [4.69, 9.17) is 16.0 Å². The molecule has 5 nitrogen and oxygen atoms in total. The van der Waals surface area contributed by atoms with Gasteiger partial charge in [-0.3, -0.25) is 4.79 Å². The Morgan fingerprint density at radius 1 is 1.00 bits per heavy atom. The number of hydrogen-bond acceptors (Lipinski definition) is 4. The molecule has 1 amide bonds. The van der Waals surface area contributed by atoms with Crippen LogP contribution in [0.2, 0.25) is 5.02 Å². The number of benzene rings is 2. The largest absolute Gasteiger partial charge is 0.421 e. The quantitative estimate of drug-likeness (QED) is 0.608. The van der Waals surface area contributed by atoms with E-state index in [1.807, 2.05) is 30.3 Å². The molecule has 0 saturated carbocycles. The Kier molecular flexibility index (Phi) is 6.39. The Hall–Kier alpha value is -2.66. The van der Waals surface area contributed by atoms with Gasteiger partial charge in [0.2, 0.25) is 17.7 Å².